The minimum Gasteiger partial charge on any atom is -0.461 e. The van der Waals surface area contributed by atoms with E-state index in [4.69, 9.17) is 10.5 Å². The van der Waals surface area contributed by atoms with Gasteiger partial charge in [0.15, 0.2) is 0 Å². The molecule has 0 saturated carbocycles. The SMILES string of the molecule is CCC(C)OC(=O)[C@H](N)c1ccccc1. The van der Waals surface area contributed by atoms with Gasteiger partial charge in [0.2, 0.25) is 0 Å². The van der Waals surface area contributed by atoms with E-state index in [1.807, 2.05) is 44.2 Å². The third kappa shape index (κ3) is 3.36. The molecule has 0 fully saturated rings. The van der Waals surface area contributed by atoms with Crippen LogP contribution in [-0.2, 0) is 9.53 Å². The van der Waals surface area contributed by atoms with Crippen LogP contribution in [0.15, 0.2) is 30.3 Å². The summed E-state index contributed by atoms with van der Waals surface area (Å²) in [5, 5.41) is 0. The van der Waals surface area contributed by atoms with E-state index < -0.39 is 6.04 Å². The summed E-state index contributed by atoms with van der Waals surface area (Å²) in [5.74, 6) is -0.365. The van der Waals surface area contributed by atoms with E-state index in [-0.39, 0.29) is 12.1 Å². The van der Waals surface area contributed by atoms with Gasteiger partial charge in [0, 0.05) is 0 Å². The van der Waals surface area contributed by atoms with Crippen LogP contribution in [0.5, 0.6) is 0 Å². The molecule has 82 valence electrons. The molecule has 0 amide bonds. The largest absolute Gasteiger partial charge is 0.461 e. The summed E-state index contributed by atoms with van der Waals surface area (Å²) < 4.78 is 5.15. The van der Waals surface area contributed by atoms with Gasteiger partial charge in [-0.25, -0.2) is 4.79 Å². The first-order valence-corrected chi connectivity index (χ1v) is 5.16. The topological polar surface area (TPSA) is 52.3 Å². The number of benzene rings is 1. The fraction of sp³-hybridized carbons (Fsp3) is 0.417. The number of hydrogen-bond acceptors (Lipinski definition) is 3. The van der Waals surface area contributed by atoms with Gasteiger partial charge in [0.05, 0.1) is 6.10 Å². The molecule has 0 aliphatic carbocycles. The van der Waals surface area contributed by atoms with Crippen molar-refractivity contribution in [2.45, 2.75) is 32.4 Å². The molecular weight excluding hydrogens is 190 g/mol. The maximum absolute atomic E-state index is 11.6. The van der Waals surface area contributed by atoms with Gasteiger partial charge in [-0.2, -0.15) is 0 Å². The molecule has 1 aromatic rings. The summed E-state index contributed by atoms with van der Waals surface area (Å²) in [6, 6.07) is 8.55. The molecule has 0 heterocycles. The highest BCUT2D eigenvalue weighted by molar-refractivity contribution is 5.77. The summed E-state index contributed by atoms with van der Waals surface area (Å²) in [4.78, 5) is 11.6. The lowest BCUT2D eigenvalue weighted by atomic mass is 10.1. The van der Waals surface area contributed by atoms with Crippen molar-refractivity contribution in [3.63, 3.8) is 0 Å². The van der Waals surface area contributed by atoms with E-state index in [0.29, 0.717) is 0 Å². The lowest BCUT2D eigenvalue weighted by Crippen LogP contribution is -2.26. The van der Waals surface area contributed by atoms with Crippen LogP contribution < -0.4 is 5.73 Å². The van der Waals surface area contributed by atoms with Crippen LogP contribution in [0.25, 0.3) is 0 Å². The minimum atomic E-state index is -0.680. The second kappa shape index (κ2) is 5.51. The lowest BCUT2D eigenvalue weighted by molar-refractivity contribution is -0.150. The van der Waals surface area contributed by atoms with Gasteiger partial charge in [0.1, 0.15) is 6.04 Å². The van der Waals surface area contributed by atoms with Crippen molar-refractivity contribution in [3.8, 4) is 0 Å². The Morgan fingerprint density at radius 1 is 1.40 bits per heavy atom. The predicted molar refractivity (Wildman–Crippen MR) is 59.2 cm³/mol. The van der Waals surface area contributed by atoms with Gasteiger partial charge in [-0.1, -0.05) is 37.3 Å². The molecule has 0 aliphatic rings. The minimum absolute atomic E-state index is 0.0766. The summed E-state index contributed by atoms with van der Waals surface area (Å²) in [7, 11) is 0. The Morgan fingerprint density at radius 2 is 2.00 bits per heavy atom. The Bertz CT molecular complexity index is 311. The quantitative estimate of drug-likeness (QED) is 0.768. The summed E-state index contributed by atoms with van der Waals surface area (Å²) in [6.45, 7) is 3.82. The number of nitrogens with two attached hydrogens (primary N) is 1. The summed E-state index contributed by atoms with van der Waals surface area (Å²) in [6.07, 6.45) is 0.722. The Morgan fingerprint density at radius 3 is 2.53 bits per heavy atom. The van der Waals surface area contributed by atoms with Gasteiger partial charge in [0.25, 0.3) is 0 Å². The molecule has 0 saturated heterocycles. The first-order chi connectivity index (χ1) is 7.15. The molecule has 0 bridgehead atoms. The fourth-order valence-corrected chi connectivity index (χ4v) is 1.15. The van der Waals surface area contributed by atoms with E-state index in [1.165, 1.54) is 0 Å². The van der Waals surface area contributed by atoms with E-state index in [1.54, 1.807) is 0 Å². The highest BCUT2D eigenvalue weighted by Gasteiger charge is 2.18. The zero-order valence-corrected chi connectivity index (χ0v) is 9.14. The van der Waals surface area contributed by atoms with Crippen LogP contribution in [0.4, 0.5) is 0 Å². The zero-order chi connectivity index (χ0) is 11.3. The average molecular weight is 207 g/mol. The highest BCUT2D eigenvalue weighted by Crippen LogP contribution is 2.12. The molecule has 2 N–H and O–H groups in total. The van der Waals surface area contributed by atoms with Crippen molar-refractivity contribution in [3.05, 3.63) is 35.9 Å². The number of carbonyl (C=O) groups is 1. The monoisotopic (exact) mass is 207 g/mol. The fourth-order valence-electron chi connectivity index (χ4n) is 1.15. The van der Waals surface area contributed by atoms with Gasteiger partial charge in [-0.3, -0.25) is 0 Å². The second-order valence-corrected chi connectivity index (χ2v) is 3.54. The smallest absolute Gasteiger partial charge is 0.327 e. The van der Waals surface area contributed by atoms with Gasteiger partial charge in [-0.15, -0.1) is 0 Å². The standard InChI is InChI=1S/C12H17NO2/c1-3-9(2)15-12(14)11(13)10-7-5-4-6-8-10/h4-9,11H,3,13H2,1-2H3/t9?,11-/m1/s1. The number of esters is 1. The third-order valence-corrected chi connectivity index (χ3v) is 2.30. The Labute approximate surface area is 90.2 Å². The molecule has 1 rings (SSSR count). The molecule has 1 aromatic carbocycles. The average Bonchev–Trinajstić information content (AvgIpc) is 2.29. The predicted octanol–water partition coefficient (Wildman–Crippen LogP) is 2.03. The maximum Gasteiger partial charge on any atom is 0.327 e. The number of rotatable bonds is 4. The zero-order valence-electron chi connectivity index (χ0n) is 9.14. The van der Waals surface area contributed by atoms with Crippen molar-refractivity contribution in [2.24, 2.45) is 5.73 Å². The number of hydrogen-bond donors (Lipinski definition) is 1. The van der Waals surface area contributed by atoms with Crippen molar-refractivity contribution >= 4 is 5.97 Å². The molecule has 1 unspecified atom stereocenters. The van der Waals surface area contributed by atoms with E-state index in [9.17, 15) is 4.79 Å². The molecule has 0 aliphatic heterocycles. The molecule has 2 atom stereocenters. The van der Waals surface area contributed by atoms with Crippen LogP contribution in [0.3, 0.4) is 0 Å². The summed E-state index contributed by atoms with van der Waals surface area (Å²) in [5.41, 5.74) is 6.55. The van der Waals surface area contributed by atoms with Gasteiger partial charge >= 0.3 is 5.97 Å². The third-order valence-electron chi connectivity index (χ3n) is 2.30. The second-order valence-electron chi connectivity index (χ2n) is 3.54. The van der Waals surface area contributed by atoms with Crippen LogP contribution in [0.1, 0.15) is 31.9 Å². The van der Waals surface area contributed by atoms with E-state index >= 15 is 0 Å². The molecule has 0 radical (unpaired) electrons. The van der Waals surface area contributed by atoms with Crippen LogP contribution in [0.2, 0.25) is 0 Å². The first-order valence-electron chi connectivity index (χ1n) is 5.16. The molecule has 0 aromatic heterocycles. The van der Waals surface area contributed by atoms with Gasteiger partial charge in [-0.05, 0) is 18.9 Å². The number of carbonyl (C=O) groups excluding carboxylic acids is 1. The maximum atomic E-state index is 11.6. The molecule has 3 heteroatoms. The summed E-state index contributed by atoms with van der Waals surface area (Å²) >= 11 is 0. The van der Waals surface area contributed by atoms with Crippen LogP contribution in [-0.4, -0.2) is 12.1 Å². The molecule has 0 spiro atoms. The van der Waals surface area contributed by atoms with E-state index in [2.05, 4.69) is 0 Å². The van der Waals surface area contributed by atoms with E-state index in [0.717, 1.165) is 12.0 Å². The highest BCUT2D eigenvalue weighted by atomic mass is 16.5. The van der Waals surface area contributed by atoms with Gasteiger partial charge < -0.3 is 10.5 Å². The first kappa shape index (κ1) is 11.7. The van der Waals surface area contributed by atoms with Crippen molar-refractivity contribution in [2.75, 3.05) is 0 Å². The Hall–Kier alpha value is -1.35. The van der Waals surface area contributed by atoms with Crippen LogP contribution >= 0.6 is 0 Å². The molecular formula is C12H17NO2. The van der Waals surface area contributed by atoms with Crippen molar-refractivity contribution in [1.29, 1.82) is 0 Å². The van der Waals surface area contributed by atoms with Crippen molar-refractivity contribution in [1.82, 2.24) is 0 Å². The lowest BCUT2D eigenvalue weighted by Gasteiger charge is -2.15. The number of ether oxygens (including phenoxy) is 1. The molecule has 3 nitrogen and oxygen atoms in total. The normalized spacial score (nSPS) is 14.3. The Kier molecular flexibility index (Phi) is 4.31. The molecule has 15 heavy (non-hydrogen) atoms. The van der Waals surface area contributed by atoms with Crippen LogP contribution in [0, 0.1) is 0 Å². The Balaban J connectivity index is 2.61. The van der Waals surface area contributed by atoms with Crippen molar-refractivity contribution < 1.29 is 9.53 Å².